The van der Waals surface area contributed by atoms with Crippen molar-refractivity contribution in [2.75, 3.05) is 50.8 Å². The number of fused-ring (bicyclic) bond motifs is 2. The third-order valence-corrected chi connectivity index (χ3v) is 6.91. The maximum atomic E-state index is 12.9. The van der Waals surface area contributed by atoms with E-state index in [9.17, 15) is 18.3 Å². The van der Waals surface area contributed by atoms with Crippen molar-refractivity contribution < 1.29 is 23.0 Å². The summed E-state index contributed by atoms with van der Waals surface area (Å²) in [7, 11) is 0. The van der Waals surface area contributed by atoms with Crippen LogP contribution < -0.4 is 4.90 Å². The first-order chi connectivity index (χ1) is 13.9. The maximum Gasteiger partial charge on any atom is 0.416 e. The van der Waals surface area contributed by atoms with Crippen molar-refractivity contribution in [3.63, 3.8) is 0 Å². The monoisotopic (exact) mass is 412 g/mol. The quantitative estimate of drug-likeness (QED) is 0.742. The van der Waals surface area contributed by atoms with Crippen molar-refractivity contribution in [3.05, 3.63) is 29.8 Å². The van der Waals surface area contributed by atoms with E-state index < -0.39 is 17.8 Å². The van der Waals surface area contributed by atoms with Crippen molar-refractivity contribution in [1.82, 2.24) is 4.90 Å². The summed E-state index contributed by atoms with van der Waals surface area (Å²) in [5.74, 6) is 2.42. The molecule has 0 spiro atoms. The fraction of sp³-hybridized carbons (Fsp3) is 0.727. The van der Waals surface area contributed by atoms with Crippen LogP contribution in [0.25, 0.3) is 0 Å². The van der Waals surface area contributed by atoms with E-state index in [2.05, 4.69) is 4.90 Å². The fourth-order valence-corrected chi connectivity index (χ4v) is 5.35. The first-order valence-corrected chi connectivity index (χ1v) is 10.8. The van der Waals surface area contributed by atoms with Crippen LogP contribution in [-0.4, -0.2) is 62.0 Å². The van der Waals surface area contributed by atoms with Crippen LogP contribution in [0.2, 0.25) is 0 Å². The summed E-state index contributed by atoms with van der Waals surface area (Å²) in [6, 6.07) is 5.51. The van der Waals surface area contributed by atoms with Crippen molar-refractivity contribution in [1.29, 1.82) is 0 Å². The van der Waals surface area contributed by atoms with Crippen LogP contribution >= 0.6 is 0 Å². The zero-order chi connectivity index (χ0) is 20.4. The second-order valence-electron chi connectivity index (χ2n) is 8.96. The zero-order valence-corrected chi connectivity index (χ0v) is 16.8. The topological polar surface area (TPSA) is 35.9 Å². The smallest absolute Gasteiger partial charge is 0.389 e. The fourth-order valence-electron chi connectivity index (χ4n) is 5.35. The third kappa shape index (κ3) is 5.25. The standard InChI is InChI=1S/C22H31F3N2O2/c23-22(24,25)19-2-1-3-20(12-19)27-8-6-26(7-9-27)13-21(28)15-29-14-18-11-16-4-5-17(18)10-16/h1-3,12,16-18,21,28H,4-11,13-15H2/t16-,17-,18+,21+/m0/s1. The summed E-state index contributed by atoms with van der Waals surface area (Å²) in [4.78, 5) is 4.14. The molecule has 1 aromatic rings. The van der Waals surface area contributed by atoms with Gasteiger partial charge in [-0.25, -0.2) is 0 Å². The molecule has 0 radical (unpaired) electrons. The molecule has 162 valence electrons. The highest BCUT2D eigenvalue weighted by Gasteiger charge is 2.39. The summed E-state index contributed by atoms with van der Waals surface area (Å²) in [6.45, 7) is 4.43. The van der Waals surface area contributed by atoms with Gasteiger partial charge in [0.1, 0.15) is 0 Å². The van der Waals surface area contributed by atoms with Crippen LogP contribution in [0.1, 0.15) is 31.2 Å². The molecule has 0 aromatic heterocycles. The Morgan fingerprint density at radius 3 is 2.55 bits per heavy atom. The molecule has 2 aliphatic carbocycles. The number of β-amino-alcohol motifs (C(OH)–C–C–N with tert-alkyl or cyclic N) is 1. The lowest BCUT2D eigenvalue weighted by Crippen LogP contribution is -2.49. The molecule has 1 aromatic carbocycles. The normalized spacial score (nSPS) is 28.8. The first-order valence-electron chi connectivity index (χ1n) is 10.8. The molecule has 1 N–H and O–H groups in total. The highest BCUT2D eigenvalue weighted by Crippen LogP contribution is 2.48. The second kappa shape index (κ2) is 8.82. The Morgan fingerprint density at radius 1 is 1.10 bits per heavy atom. The minimum atomic E-state index is -4.32. The molecule has 4 atom stereocenters. The van der Waals surface area contributed by atoms with Gasteiger partial charge in [0.2, 0.25) is 0 Å². The minimum Gasteiger partial charge on any atom is -0.389 e. The van der Waals surface area contributed by atoms with E-state index in [1.807, 2.05) is 4.90 Å². The summed E-state index contributed by atoms with van der Waals surface area (Å²) >= 11 is 0. The van der Waals surface area contributed by atoms with E-state index >= 15 is 0 Å². The van der Waals surface area contributed by atoms with Crippen LogP contribution in [0.4, 0.5) is 18.9 Å². The molecule has 1 saturated heterocycles. The van der Waals surface area contributed by atoms with Gasteiger partial charge in [-0.05, 0) is 55.2 Å². The van der Waals surface area contributed by atoms with Gasteiger partial charge < -0.3 is 14.7 Å². The number of rotatable bonds is 7. The molecular weight excluding hydrogens is 381 g/mol. The third-order valence-electron chi connectivity index (χ3n) is 6.91. The van der Waals surface area contributed by atoms with E-state index in [1.54, 1.807) is 6.07 Å². The number of benzene rings is 1. The Bertz CT molecular complexity index is 676. The molecule has 3 aliphatic rings. The molecule has 29 heavy (non-hydrogen) atoms. The number of hydrogen-bond donors (Lipinski definition) is 1. The van der Waals surface area contributed by atoms with Gasteiger partial charge in [0.25, 0.3) is 0 Å². The number of alkyl halides is 3. The Morgan fingerprint density at radius 2 is 1.90 bits per heavy atom. The van der Waals surface area contributed by atoms with Crippen LogP contribution in [-0.2, 0) is 10.9 Å². The predicted molar refractivity (Wildman–Crippen MR) is 106 cm³/mol. The van der Waals surface area contributed by atoms with Gasteiger partial charge in [-0.2, -0.15) is 13.2 Å². The van der Waals surface area contributed by atoms with Gasteiger partial charge in [0.05, 0.1) is 18.3 Å². The highest BCUT2D eigenvalue weighted by atomic mass is 19.4. The second-order valence-corrected chi connectivity index (χ2v) is 8.96. The van der Waals surface area contributed by atoms with Crippen LogP contribution in [0.15, 0.2) is 24.3 Å². The van der Waals surface area contributed by atoms with Gasteiger partial charge in [0.15, 0.2) is 0 Å². The van der Waals surface area contributed by atoms with Crippen LogP contribution in [0.5, 0.6) is 0 Å². The number of aliphatic hydroxyl groups is 1. The van der Waals surface area contributed by atoms with Crippen molar-refractivity contribution in [3.8, 4) is 0 Å². The maximum absolute atomic E-state index is 12.9. The van der Waals surface area contributed by atoms with Gasteiger partial charge >= 0.3 is 6.18 Å². The number of halogens is 3. The van der Waals surface area contributed by atoms with E-state index in [0.29, 0.717) is 37.8 Å². The molecule has 7 heteroatoms. The van der Waals surface area contributed by atoms with E-state index in [0.717, 1.165) is 37.6 Å². The average Bonchev–Trinajstić information content (AvgIpc) is 3.31. The summed E-state index contributed by atoms with van der Waals surface area (Å²) < 4.78 is 44.6. The summed E-state index contributed by atoms with van der Waals surface area (Å²) in [6.07, 6.45) is 0.548. The molecule has 2 saturated carbocycles. The van der Waals surface area contributed by atoms with E-state index in [1.165, 1.54) is 37.8 Å². The zero-order valence-electron chi connectivity index (χ0n) is 16.8. The molecule has 0 unspecified atom stereocenters. The number of anilines is 1. The predicted octanol–water partition coefficient (Wildman–Crippen LogP) is 3.64. The van der Waals surface area contributed by atoms with Crippen LogP contribution in [0.3, 0.4) is 0 Å². The Kier molecular flexibility index (Phi) is 6.37. The Hall–Kier alpha value is -1.31. The largest absolute Gasteiger partial charge is 0.416 e. The van der Waals surface area contributed by atoms with Gasteiger partial charge in [-0.15, -0.1) is 0 Å². The van der Waals surface area contributed by atoms with Gasteiger partial charge in [0, 0.05) is 45.0 Å². The minimum absolute atomic E-state index is 0.363. The Labute approximate surface area is 170 Å². The van der Waals surface area contributed by atoms with E-state index in [-0.39, 0.29) is 0 Å². The van der Waals surface area contributed by atoms with Crippen molar-refractivity contribution in [2.24, 2.45) is 17.8 Å². The van der Waals surface area contributed by atoms with Gasteiger partial charge in [-0.3, -0.25) is 4.90 Å². The Balaban J connectivity index is 1.17. The lowest BCUT2D eigenvalue weighted by Gasteiger charge is -2.37. The number of nitrogens with zero attached hydrogens (tertiary/aromatic N) is 2. The number of piperazine rings is 1. The summed E-state index contributed by atoms with van der Waals surface area (Å²) in [5.41, 5.74) is -0.00490. The lowest BCUT2D eigenvalue weighted by atomic mass is 9.90. The number of aliphatic hydroxyl groups excluding tert-OH is 1. The average molecular weight is 412 g/mol. The number of ether oxygens (including phenoxy) is 1. The molecule has 1 aliphatic heterocycles. The van der Waals surface area contributed by atoms with Crippen molar-refractivity contribution >= 4 is 5.69 Å². The molecule has 0 amide bonds. The molecule has 4 rings (SSSR count). The first kappa shape index (κ1) is 20.9. The van der Waals surface area contributed by atoms with Gasteiger partial charge in [-0.1, -0.05) is 12.5 Å². The molecule has 2 bridgehead atoms. The SMILES string of the molecule is O[C@@H](COC[C@H]1C[C@H]2CC[C@H]1C2)CN1CCN(c2cccc(C(F)(F)F)c2)CC1. The number of hydrogen-bond acceptors (Lipinski definition) is 4. The summed E-state index contributed by atoms with van der Waals surface area (Å²) in [5, 5.41) is 10.3. The lowest BCUT2D eigenvalue weighted by molar-refractivity contribution is -0.137. The van der Waals surface area contributed by atoms with Crippen molar-refractivity contribution in [2.45, 2.75) is 38.0 Å². The molecule has 1 heterocycles. The molecule has 4 nitrogen and oxygen atoms in total. The molecular formula is C22H31F3N2O2. The van der Waals surface area contributed by atoms with E-state index in [4.69, 9.17) is 4.74 Å². The highest BCUT2D eigenvalue weighted by molar-refractivity contribution is 5.49. The van der Waals surface area contributed by atoms with Crippen LogP contribution in [0, 0.1) is 17.8 Å². The molecule has 3 fully saturated rings.